The van der Waals surface area contributed by atoms with E-state index in [-0.39, 0.29) is 11.1 Å². The van der Waals surface area contributed by atoms with E-state index in [2.05, 4.69) is 0 Å². The van der Waals surface area contributed by atoms with E-state index in [1.807, 2.05) is 24.5 Å². The number of benzene rings is 1. The van der Waals surface area contributed by atoms with Crippen molar-refractivity contribution < 1.29 is 23.5 Å². The lowest BCUT2D eigenvalue weighted by Gasteiger charge is -2.08. The molecule has 28 heavy (non-hydrogen) atoms. The highest BCUT2D eigenvalue weighted by molar-refractivity contribution is 6.02. The largest absolute Gasteiger partial charge is 0.453 e. The number of Topliss-reactive ketones (excluding diaryl/α,β-unsaturated/α-hetero) is 1. The molecule has 0 amide bonds. The Morgan fingerprint density at radius 2 is 2.04 bits per heavy atom. The first kappa shape index (κ1) is 21.1. The molecule has 0 aliphatic carbocycles. The van der Waals surface area contributed by atoms with Crippen LogP contribution in [0.3, 0.4) is 0 Å². The molecular formula is C21H21FN2O4. The molecule has 0 fully saturated rings. The zero-order valence-electron chi connectivity index (χ0n) is 16.0. The number of aromatic nitrogens is 1. The lowest BCUT2D eigenvalue weighted by atomic mass is 10.1. The summed E-state index contributed by atoms with van der Waals surface area (Å²) in [5.41, 5.74) is 2.42. The smallest absolute Gasteiger partial charge is 0.349 e. The second kappa shape index (κ2) is 9.62. The lowest BCUT2D eigenvalue weighted by molar-refractivity contribution is -0.137. The molecule has 6 nitrogen and oxygen atoms in total. The van der Waals surface area contributed by atoms with Crippen LogP contribution < -0.4 is 0 Å². The summed E-state index contributed by atoms with van der Waals surface area (Å²) in [4.78, 5) is 24.2. The average Bonchev–Trinajstić information content (AvgIpc) is 2.95. The molecule has 0 atom stereocenters. The zero-order chi connectivity index (χ0) is 20.7. The van der Waals surface area contributed by atoms with Gasteiger partial charge in [-0.1, -0.05) is 12.1 Å². The summed E-state index contributed by atoms with van der Waals surface area (Å²) in [5, 5.41) is 9.30. The summed E-state index contributed by atoms with van der Waals surface area (Å²) >= 11 is 0. The Morgan fingerprint density at radius 3 is 2.68 bits per heavy atom. The maximum atomic E-state index is 13.2. The first-order chi connectivity index (χ1) is 13.4. The summed E-state index contributed by atoms with van der Waals surface area (Å²) < 4.78 is 25.2. The van der Waals surface area contributed by atoms with Crippen molar-refractivity contribution in [1.82, 2.24) is 4.57 Å². The van der Waals surface area contributed by atoms with Crippen molar-refractivity contribution >= 4 is 17.8 Å². The molecule has 0 aliphatic heterocycles. The van der Waals surface area contributed by atoms with Gasteiger partial charge in [0.25, 0.3) is 0 Å². The molecule has 0 N–H and O–H groups in total. The summed E-state index contributed by atoms with van der Waals surface area (Å²) in [5.74, 6) is -2.02. The fourth-order valence-corrected chi connectivity index (χ4v) is 2.75. The quantitative estimate of drug-likeness (QED) is 0.302. The number of halogens is 1. The Labute approximate surface area is 162 Å². The van der Waals surface area contributed by atoms with Crippen LogP contribution in [0.5, 0.6) is 0 Å². The number of carbonyl (C=O) groups is 2. The minimum Gasteiger partial charge on any atom is -0.453 e. The monoisotopic (exact) mass is 384 g/mol. The molecule has 0 spiro atoms. The number of aryl methyl sites for hydroxylation is 1. The van der Waals surface area contributed by atoms with Crippen molar-refractivity contribution in [3.8, 4) is 6.07 Å². The highest BCUT2D eigenvalue weighted by atomic mass is 19.1. The van der Waals surface area contributed by atoms with E-state index in [1.54, 1.807) is 13.2 Å². The molecule has 146 valence electrons. The van der Waals surface area contributed by atoms with Crippen LogP contribution in [0.1, 0.15) is 27.3 Å². The molecular weight excluding hydrogens is 363 g/mol. The standard InChI is InChI=1S/C21H21FN2O4/c1-14-9-17(15(2)24(14)7-8-27-3)10-18(12-23)21(26)28-13-20(25)16-5-4-6-19(22)11-16/h4-6,9-11H,7-8,13H2,1-3H3/b18-10+. The maximum Gasteiger partial charge on any atom is 0.349 e. The fraction of sp³-hybridized carbons (Fsp3) is 0.286. The summed E-state index contributed by atoms with van der Waals surface area (Å²) in [6.45, 7) is 4.41. The van der Waals surface area contributed by atoms with Crippen molar-refractivity contribution in [2.45, 2.75) is 20.4 Å². The van der Waals surface area contributed by atoms with Gasteiger partial charge in [0.15, 0.2) is 12.4 Å². The van der Waals surface area contributed by atoms with E-state index < -0.39 is 24.2 Å². The van der Waals surface area contributed by atoms with Crippen molar-refractivity contribution in [3.63, 3.8) is 0 Å². The molecule has 0 unspecified atom stereocenters. The number of ketones is 1. The molecule has 1 heterocycles. The molecule has 1 aromatic heterocycles. The van der Waals surface area contributed by atoms with Gasteiger partial charge in [0.2, 0.25) is 0 Å². The Balaban J connectivity index is 2.11. The fourth-order valence-electron chi connectivity index (χ4n) is 2.75. The second-order valence-corrected chi connectivity index (χ2v) is 6.15. The van der Waals surface area contributed by atoms with Gasteiger partial charge in [-0.05, 0) is 43.7 Å². The van der Waals surface area contributed by atoms with Crippen LogP contribution >= 0.6 is 0 Å². The highest BCUT2D eigenvalue weighted by Crippen LogP contribution is 2.19. The zero-order valence-corrected chi connectivity index (χ0v) is 16.0. The topological polar surface area (TPSA) is 81.3 Å². The van der Waals surface area contributed by atoms with Crippen LogP contribution in [0, 0.1) is 31.0 Å². The predicted molar refractivity (Wildman–Crippen MR) is 101 cm³/mol. The maximum absolute atomic E-state index is 13.2. The normalized spacial score (nSPS) is 11.2. The average molecular weight is 384 g/mol. The second-order valence-electron chi connectivity index (χ2n) is 6.15. The Hall–Kier alpha value is -3.24. The Morgan fingerprint density at radius 1 is 1.29 bits per heavy atom. The Bertz CT molecular complexity index is 954. The SMILES string of the molecule is COCCn1c(C)cc(/C=C(\C#N)C(=O)OCC(=O)c2cccc(F)c2)c1C. The third-order valence-electron chi connectivity index (χ3n) is 4.25. The van der Waals surface area contributed by atoms with Gasteiger partial charge in [0.05, 0.1) is 6.61 Å². The van der Waals surface area contributed by atoms with Gasteiger partial charge in [0.1, 0.15) is 17.5 Å². The van der Waals surface area contributed by atoms with Gasteiger partial charge in [-0.15, -0.1) is 0 Å². The number of carbonyl (C=O) groups excluding carboxylic acids is 2. The number of hydrogen-bond donors (Lipinski definition) is 0. The van der Waals surface area contributed by atoms with Crippen LogP contribution in [0.25, 0.3) is 6.08 Å². The molecule has 0 saturated heterocycles. The summed E-state index contributed by atoms with van der Waals surface area (Å²) in [7, 11) is 1.61. The van der Waals surface area contributed by atoms with Crippen molar-refractivity contribution in [2.75, 3.05) is 20.3 Å². The molecule has 0 radical (unpaired) electrons. The first-order valence-electron chi connectivity index (χ1n) is 8.60. The van der Waals surface area contributed by atoms with Crippen molar-refractivity contribution in [3.05, 3.63) is 64.2 Å². The Kier molecular flexibility index (Phi) is 7.24. The third-order valence-corrected chi connectivity index (χ3v) is 4.25. The minimum atomic E-state index is -0.908. The minimum absolute atomic E-state index is 0.0944. The van der Waals surface area contributed by atoms with Gasteiger partial charge >= 0.3 is 5.97 Å². The number of methoxy groups -OCH3 is 1. The molecule has 1 aromatic carbocycles. The van der Waals surface area contributed by atoms with Gasteiger partial charge < -0.3 is 14.0 Å². The number of esters is 1. The summed E-state index contributed by atoms with van der Waals surface area (Å²) in [6, 6.07) is 8.75. The third kappa shape index (κ3) is 5.15. The van der Waals surface area contributed by atoms with Crippen LogP contribution in [0.15, 0.2) is 35.9 Å². The van der Waals surface area contributed by atoms with Crippen LogP contribution in [-0.2, 0) is 20.8 Å². The highest BCUT2D eigenvalue weighted by Gasteiger charge is 2.16. The molecule has 2 rings (SSSR count). The van der Waals surface area contributed by atoms with Gasteiger partial charge in [-0.3, -0.25) is 4.79 Å². The number of rotatable bonds is 8. The molecule has 7 heteroatoms. The summed E-state index contributed by atoms with van der Waals surface area (Å²) in [6.07, 6.45) is 1.43. The number of nitrogens with zero attached hydrogens (tertiary/aromatic N) is 2. The van der Waals surface area contributed by atoms with Gasteiger partial charge in [-0.25, -0.2) is 9.18 Å². The molecule has 0 bridgehead atoms. The van der Waals surface area contributed by atoms with Gasteiger partial charge in [0, 0.05) is 30.6 Å². The van der Waals surface area contributed by atoms with Crippen molar-refractivity contribution in [2.24, 2.45) is 0 Å². The number of hydrogen-bond acceptors (Lipinski definition) is 5. The molecule has 0 saturated carbocycles. The van der Waals surface area contributed by atoms with Crippen LogP contribution in [0.2, 0.25) is 0 Å². The van der Waals surface area contributed by atoms with Crippen LogP contribution in [-0.4, -0.2) is 36.6 Å². The van der Waals surface area contributed by atoms with Crippen molar-refractivity contribution in [1.29, 1.82) is 5.26 Å². The van der Waals surface area contributed by atoms with Crippen LogP contribution in [0.4, 0.5) is 4.39 Å². The van der Waals surface area contributed by atoms with Gasteiger partial charge in [-0.2, -0.15) is 5.26 Å². The van der Waals surface area contributed by atoms with E-state index in [4.69, 9.17) is 9.47 Å². The predicted octanol–water partition coefficient (Wildman–Crippen LogP) is 3.22. The molecule has 0 aliphatic rings. The molecule has 2 aromatic rings. The van der Waals surface area contributed by atoms with E-state index in [0.717, 1.165) is 17.5 Å². The number of ether oxygens (including phenoxy) is 2. The number of nitriles is 1. The lowest BCUT2D eigenvalue weighted by Crippen LogP contribution is -2.15. The first-order valence-corrected chi connectivity index (χ1v) is 8.60. The van der Waals surface area contributed by atoms with E-state index in [0.29, 0.717) is 18.7 Å². The van der Waals surface area contributed by atoms with E-state index >= 15 is 0 Å². The van der Waals surface area contributed by atoms with E-state index in [9.17, 15) is 19.2 Å². The van der Waals surface area contributed by atoms with E-state index in [1.165, 1.54) is 24.3 Å².